The van der Waals surface area contributed by atoms with Crippen LogP contribution >= 0.6 is 0 Å². The van der Waals surface area contributed by atoms with Gasteiger partial charge in [0.1, 0.15) is 24.6 Å². The fraction of sp³-hybridized carbons (Fsp3) is 0.263. The van der Waals surface area contributed by atoms with Gasteiger partial charge in [0, 0.05) is 0 Å². The maximum absolute atomic E-state index is 14.4. The molecule has 3 aromatic rings. The van der Waals surface area contributed by atoms with Gasteiger partial charge >= 0.3 is 0 Å². The SMILES string of the molecule is CCc1ccc(Nc2c(C(=O)NOCC(C)O)ccc3cncn23)c(F)c1. The number of benzene rings is 1. The number of aliphatic hydroxyl groups is 1. The molecule has 3 rings (SSSR count). The number of rotatable bonds is 7. The number of fused-ring (bicyclic) bond motifs is 1. The van der Waals surface area contributed by atoms with Crippen molar-refractivity contribution in [1.82, 2.24) is 14.9 Å². The van der Waals surface area contributed by atoms with Gasteiger partial charge in [0.25, 0.3) is 5.91 Å². The first-order valence-electron chi connectivity index (χ1n) is 8.60. The molecular weight excluding hydrogens is 351 g/mol. The van der Waals surface area contributed by atoms with Gasteiger partial charge in [-0.2, -0.15) is 0 Å². The molecule has 0 saturated carbocycles. The third-order valence-corrected chi connectivity index (χ3v) is 4.01. The molecule has 142 valence electrons. The van der Waals surface area contributed by atoms with E-state index < -0.39 is 17.8 Å². The standard InChI is InChI=1S/C19H21FN4O3/c1-3-13-4-7-17(16(20)8-13)22-18-15(19(26)23-27-10-12(2)25)6-5-14-9-21-11-24(14)18/h4-9,11-12,22,25H,3,10H2,1-2H3,(H,23,26). The topological polar surface area (TPSA) is 87.9 Å². The summed E-state index contributed by atoms with van der Waals surface area (Å²) in [5, 5.41) is 12.2. The Bertz CT molecular complexity index is 955. The van der Waals surface area contributed by atoms with Crippen molar-refractivity contribution < 1.29 is 19.1 Å². The second-order valence-electron chi connectivity index (χ2n) is 6.17. The number of aryl methyl sites for hydroxylation is 1. The zero-order valence-electron chi connectivity index (χ0n) is 15.1. The summed E-state index contributed by atoms with van der Waals surface area (Å²) >= 11 is 0. The summed E-state index contributed by atoms with van der Waals surface area (Å²) in [5.41, 5.74) is 4.38. The lowest BCUT2D eigenvalue weighted by molar-refractivity contribution is -0.00684. The van der Waals surface area contributed by atoms with Crippen molar-refractivity contribution in [2.24, 2.45) is 0 Å². The van der Waals surface area contributed by atoms with E-state index >= 15 is 0 Å². The Hall–Kier alpha value is -2.97. The number of hydrogen-bond donors (Lipinski definition) is 3. The van der Waals surface area contributed by atoms with Crippen LogP contribution in [0.2, 0.25) is 0 Å². The fourth-order valence-electron chi connectivity index (χ4n) is 2.59. The molecule has 7 nitrogen and oxygen atoms in total. The molecule has 27 heavy (non-hydrogen) atoms. The second kappa shape index (κ2) is 8.15. The Balaban J connectivity index is 1.95. The maximum Gasteiger partial charge on any atom is 0.278 e. The summed E-state index contributed by atoms with van der Waals surface area (Å²) in [6, 6.07) is 8.24. The van der Waals surface area contributed by atoms with Crippen LogP contribution in [0.1, 0.15) is 29.8 Å². The fourth-order valence-corrected chi connectivity index (χ4v) is 2.59. The van der Waals surface area contributed by atoms with Crippen LogP contribution in [0.15, 0.2) is 42.9 Å². The minimum absolute atomic E-state index is 0.0467. The summed E-state index contributed by atoms with van der Waals surface area (Å²) in [6.45, 7) is 3.44. The minimum Gasteiger partial charge on any atom is -0.391 e. The van der Waals surface area contributed by atoms with Gasteiger partial charge in [-0.3, -0.25) is 14.0 Å². The molecule has 1 amide bonds. The van der Waals surface area contributed by atoms with Crippen LogP contribution in [-0.2, 0) is 11.3 Å². The van der Waals surface area contributed by atoms with Gasteiger partial charge < -0.3 is 10.4 Å². The molecule has 2 aromatic heterocycles. The highest BCUT2D eigenvalue weighted by Crippen LogP contribution is 2.25. The number of pyridine rings is 1. The Morgan fingerprint density at radius 2 is 2.19 bits per heavy atom. The molecule has 0 aliphatic rings. The minimum atomic E-state index is -0.717. The van der Waals surface area contributed by atoms with Gasteiger partial charge in [0.2, 0.25) is 0 Å². The Morgan fingerprint density at radius 1 is 1.37 bits per heavy atom. The first-order valence-corrected chi connectivity index (χ1v) is 8.60. The summed E-state index contributed by atoms with van der Waals surface area (Å²) in [6.07, 6.45) is 3.17. The number of nitrogens with zero attached hydrogens (tertiary/aromatic N) is 2. The van der Waals surface area contributed by atoms with E-state index in [4.69, 9.17) is 4.84 Å². The number of nitrogens with one attached hydrogen (secondary N) is 2. The normalized spacial score (nSPS) is 12.1. The van der Waals surface area contributed by atoms with Gasteiger partial charge in [-0.05, 0) is 43.2 Å². The van der Waals surface area contributed by atoms with Gasteiger partial charge in [-0.15, -0.1) is 0 Å². The molecule has 0 radical (unpaired) electrons. The molecule has 0 bridgehead atoms. The number of hydroxylamine groups is 1. The summed E-state index contributed by atoms with van der Waals surface area (Å²) in [4.78, 5) is 21.6. The molecule has 0 fully saturated rings. The number of anilines is 2. The van der Waals surface area contributed by atoms with E-state index in [1.807, 2.05) is 13.0 Å². The smallest absolute Gasteiger partial charge is 0.278 e. The molecule has 8 heteroatoms. The highest BCUT2D eigenvalue weighted by atomic mass is 19.1. The van der Waals surface area contributed by atoms with Crippen LogP contribution in [-0.4, -0.2) is 33.1 Å². The van der Waals surface area contributed by atoms with Crippen LogP contribution in [0.4, 0.5) is 15.9 Å². The van der Waals surface area contributed by atoms with Crippen molar-refractivity contribution in [2.75, 3.05) is 11.9 Å². The lowest BCUT2D eigenvalue weighted by atomic mass is 10.1. The number of carbonyl (C=O) groups is 1. The van der Waals surface area contributed by atoms with Gasteiger partial charge in [0.15, 0.2) is 0 Å². The van der Waals surface area contributed by atoms with Gasteiger partial charge in [0.05, 0.1) is 29.1 Å². The van der Waals surface area contributed by atoms with Crippen LogP contribution < -0.4 is 10.8 Å². The summed E-state index contributed by atoms with van der Waals surface area (Å²) in [7, 11) is 0. The third kappa shape index (κ3) is 4.24. The quantitative estimate of drug-likeness (QED) is 0.555. The predicted octanol–water partition coefficient (Wildman–Crippen LogP) is 2.82. The maximum atomic E-state index is 14.4. The molecule has 1 aromatic carbocycles. The molecule has 2 heterocycles. The molecule has 3 N–H and O–H groups in total. The number of hydrogen-bond acceptors (Lipinski definition) is 5. The lowest BCUT2D eigenvalue weighted by Gasteiger charge is -2.15. The summed E-state index contributed by atoms with van der Waals surface area (Å²) in [5.74, 6) is -0.589. The first-order chi connectivity index (χ1) is 13.0. The van der Waals surface area contributed by atoms with E-state index in [9.17, 15) is 14.3 Å². The third-order valence-electron chi connectivity index (χ3n) is 4.01. The molecule has 1 unspecified atom stereocenters. The largest absolute Gasteiger partial charge is 0.391 e. The monoisotopic (exact) mass is 372 g/mol. The predicted molar refractivity (Wildman–Crippen MR) is 99.4 cm³/mol. The van der Waals surface area contributed by atoms with Crippen molar-refractivity contribution in [1.29, 1.82) is 0 Å². The first kappa shape index (κ1) is 18.8. The average Bonchev–Trinajstić information content (AvgIpc) is 3.12. The number of halogens is 1. The molecule has 1 atom stereocenters. The van der Waals surface area contributed by atoms with Crippen molar-refractivity contribution in [2.45, 2.75) is 26.4 Å². The average molecular weight is 372 g/mol. The number of imidazole rings is 1. The van der Waals surface area contributed by atoms with Gasteiger partial charge in [-0.1, -0.05) is 13.0 Å². The Kier molecular flexibility index (Phi) is 5.68. The Labute approximate surface area is 155 Å². The molecule has 0 spiro atoms. The van der Waals surface area contributed by atoms with E-state index in [1.54, 1.807) is 35.7 Å². The van der Waals surface area contributed by atoms with Crippen LogP contribution in [0, 0.1) is 5.82 Å². The number of carbonyl (C=O) groups excluding carboxylic acids is 1. The van der Waals surface area contributed by atoms with Crippen LogP contribution in [0.25, 0.3) is 5.52 Å². The van der Waals surface area contributed by atoms with Crippen molar-refractivity contribution in [3.8, 4) is 0 Å². The Morgan fingerprint density at radius 3 is 2.89 bits per heavy atom. The summed E-state index contributed by atoms with van der Waals surface area (Å²) < 4.78 is 16.1. The highest BCUT2D eigenvalue weighted by molar-refractivity contribution is 5.99. The van der Waals surface area contributed by atoms with E-state index in [2.05, 4.69) is 15.8 Å². The molecule has 0 aliphatic heterocycles. The zero-order valence-corrected chi connectivity index (χ0v) is 15.1. The molecular formula is C19H21FN4O3. The second-order valence-corrected chi connectivity index (χ2v) is 6.17. The number of aromatic nitrogens is 2. The van der Waals surface area contributed by atoms with Crippen LogP contribution in [0.3, 0.4) is 0 Å². The van der Waals surface area contributed by atoms with Gasteiger partial charge in [-0.25, -0.2) is 14.9 Å². The molecule has 0 aliphatic carbocycles. The van der Waals surface area contributed by atoms with Crippen molar-refractivity contribution in [3.63, 3.8) is 0 Å². The number of amides is 1. The van der Waals surface area contributed by atoms with E-state index in [0.717, 1.165) is 17.5 Å². The van der Waals surface area contributed by atoms with E-state index in [-0.39, 0.29) is 17.9 Å². The van der Waals surface area contributed by atoms with E-state index in [1.165, 1.54) is 12.4 Å². The zero-order chi connectivity index (χ0) is 19.4. The van der Waals surface area contributed by atoms with Crippen LogP contribution in [0.5, 0.6) is 0 Å². The highest BCUT2D eigenvalue weighted by Gasteiger charge is 2.17. The lowest BCUT2D eigenvalue weighted by Crippen LogP contribution is -2.28. The van der Waals surface area contributed by atoms with E-state index in [0.29, 0.717) is 5.82 Å². The number of aliphatic hydroxyl groups excluding tert-OH is 1. The van der Waals surface area contributed by atoms with Crippen molar-refractivity contribution >= 4 is 22.9 Å². The molecule has 0 saturated heterocycles. The van der Waals surface area contributed by atoms with Crippen molar-refractivity contribution in [3.05, 3.63) is 59.8 Å².